The number of fused-ring (bicyclic) bond motifs is 1. The quantitative estimate of drug-likeness (QED) is 0.589. The fourth-order valence-electron chi connectivity index (χ4n) is 4.05. The third-order valence-electron chi connectivity index (χ3n) is 5.94. The summed E-state index contributed by atoms with van der Waals surface area (Å²) in [5.74, 6) is -0.408. The van der Waals surface area contributed by atoms with Crippen molar-refractivity contribution in [3.8, 4) is 6.07 Å². The Morgan fingerprint density at radius 2 is 1.76 bits per heavy atom. The fourth-order valence-corrected chi connectivity index (χ4v) is 5.79. The number of nitriles is 1. The van der Waals surface area contributed by atoms with Gasteiger partial charge in [0, 0.05) is 17.3 Å². The number of hydrogen-bond donors (Lipinski definition) is 1. The summed E-state index contributed by atoms with van der Waals surface area (Å²) in [5.41, 5.74) is 2.70. The molecule has 0 saturated heterocycles. The highest BCUT2D eigenvalue weighted by atomic mass is 32.2. The smallest absolute Gasteiger partial charge is 0.264 e. The Labute approximate surface area is 194 Å². The first kappa shape index (κ1) is 22.6. The Bertz CT molecular complexity index is 1360. The number of sulfonamides is 1. The zero-order valence-electron chi connectivity index (χ0n) is 18.7. The highest BCUT2D eigenvalue weighted by Crippen LogP contribution is 2.36. The predicted octanol–water partition coefficient (Wildman–Crippen LogP) is 4.88. The fraction of sp³-hybridized carbons (Fsp3) is 0.231. The molecular weight excluding hydrogens is 434 g/mol. The van der Waals surface area contributed by atoms with E-state index in [0.717, 1.165) is 11.1 Å². The van der Waals surface area contributed by atoms with Crippen LogP contribution in [0.2, 0.25) is 0 Å². The minimum absolute atomic E-state index is 0.0739. The molecule has 3 aromatic carbocycles. The molecule has 33 heavy (non-hydrogen) atoms. The van der Waals surface area contributed by atoms with Gasteiger partial charge in [-0.2, -0.15) is 5.26 Å². The van der Waals surface area contributed by atoms with Gasteiger partial charge in [-0.15, -0.1) is 0 Å². The van der Waals surface area contributed by atoms with Crippen LogP contribution in [0.3, 0.4) is 0 Å². The van der Waals surface area contributed by atoms with Gasteiger partial charge in [-0.25, -0.2) is 8.42 Å². The van der Waals surface area contributed by atoms with Gasteiger partial charge in [-0.05, 0) is 74.7 Å². The van der Waals surface area contributed by atoms with E-state index in [-0.39, 0.29) is 16.5 Å². The third-order valence-corrected chi connectivity index (χ3v) is 7.87. The van der Waals surface area contributed by atoms with Crippen LogP contribution >= 0.6 is 0 Å². The standard InChI is InChI=1S/C26H25N3O3S/c1-18-15-19-7-4-5-10-24(19)29(18)33(31,32)23-9-6-8-20(16-23)25(30)28-22-13-11-21(12-14-22)26(2,3)17-27/h4-14,16,18H,15H2,1-3H3,(H,28,30). The molecule has 1 heterocycles. The number of rotatable bonds is 5. The maximum atomic E-state index is 13.5. The van der Waals surface area contributed by atoms with E-state index in [1.54, 1.807) is 36.4 Å². The van der Waals surface area contributed by atoms with Crippen LogP contribution in [0.15, 0.2) is 77.7 Å². The number of carbonyl (C=O) groups is 1. The molecule has 6 nitrogen and oxygen atoms in total. The predicted molar refractivity (Wildman–Crippen MR) is 129 cm³/mol. The van der Waals surface area contributed by atoms with Crippen molar-refractivity contribution in [2.24, 2.45) is 0 Å². The van der Waals surface area contributed by atoms with Crippen LogP contribution in [-0.2, 0) is 21.9 Å². The van der Waals surface area contributed by atoms with Gasteiger partial charge in [0.25, 0.3) is 15.9 Å². The second-order valence-electron chi connectivity index (χ2n) is 8.78. The summed E-state index contributed by atoms with van der Waals surface area (Å²) in [5, 5.41) is 12.1. The van der Waals surface area contributed by atoms with Crippen molar-refractivity contribution < 1.29 is 13.2 Å². The molecule has 168 valence electrons. The molecule has 1 unspecified atom stereocenters. The van der Waals surface area contributed by atoms with E-state index in [4.69, 9.17) is 0 Å². The summed E-state index contributed by atoms with van der Waals surface area (Å²) < 4.78 is 28.4. The van der Waals surface area contributed by atoms with Gasteiger partial charge in [-0.3, -0.25) is 9.10 Å². The molecule has 3 aromatic rings. The van der Waals surface area contributed by atoms with Crippen molar-refractivity contribution in [3.05, 3.63) is 89.5 Å². The van der Waals surface area contributed by atoms with Gasteiger partial charge < -0.3 is 5.32 Å². The topological polar surface area (TPSA) is 90.3 Å². The SMILES string of the molecule is CC1Cc2ccccc2N1S(=O)(=O)c1cccc(C(=O)Nc2ccc(C(C)(C)C#N)cc2)c1. The number of para-hydroxylation sites is 1. The number of benzene rings is 3. The van der Waals surface area contributed by atoms with E-state index in [0.29, 0.717) is 17.8 Å². The Balaban J connectivity index is 1.58. The zero-order valence-corrected chi connectivity index (χ0v) is 19.6. The summed E-state index contributed by atoms with van der Waals surface area (Å²) >= 11 is 0. The first-order valence-corrected chi connectivity index (χ1v) is 12.1. The van der Waals surface area contributed by atoms with Crippen molar-refractivity contribution >= 4 is 27.3 Å². The van der Waals surface area contributed by atoms with Gasteiger partial charge in [0.15, 0.2) is 0 Å². The van der Waals surface area contributed by atoms with E-state index < -0.39 is 21.3 Å². The number of anilines is 2. The molecule has 0 aliphatic carbocycles. The summed E-state index contributed by atoms with van der Waals surface area (Å²) in [6.45, 7) is 5.53. The minimum Gasteiger partial charge on any atom is -0.322 e. The summed E-state index contributed by atoms with van der Waals surface area (Å²) in [4.78, 5) is 12.9. The second kappa shape index (κ2) is 8.38. The molecule has 0 aromatic heterocycles. The Kier molecular flexibility index (Phi) is 5.73. The van der Waals surface area contributed by atoms with Crippen molar-refractivity contribution in [2.45, 2.75) is 43.5 Å². The van der Waals surface area contributed by atoms with E-state index in [9.17, 15) is 18.5 Å². The van der Waals surface area contributed by atoms with Crippen molar-refractivity contribution in [3.63, 3.8) is 0 Å². The Morgan fingerprint density at radius 3 is 2.45 bits per heavy atom. The lowest BCUT2D eigenvalue weighted by Gasteiger charge is -2.24. The highest BCUT2D eigenvalue weighted by molar-refractivity contribution is 7.92. The van der Waals surface area contributed by atoms with Crippen LogP contribution in [-0.4, -0.2) is 20.4 Å². The first-order chi connectivity index (χ1) is 15.6. The van der Waals surface area contributed by atoms with Crippen molar-refractivity contribution in [1.29, 1.82) is 5.26 Å². The molecule has 7 heteroatoms. The van der Waals surface area contributed by atoms with Crippen LogP contribution in [0.25, 0.3) is 0 Å². The molecule has 1 aliphatic rings. The normalized spacial score (nSPS) is 15.6. The zero-order chi connectivity index (χ0) is 23.8. The molecule has 1 aliphatic heterocycles. The van der Waals surface area contributed by atoms with Crippen molar-refractivity contribution in [1.82, 2.24) is 0 Å². The molecule has 0 fully saturated rings. The summed E-state index contributed by atoms with van der Waals surface area (Å²) in [6.07, 6.45) is 0.647. The molecule has 0 spiro atoms. The highest BCUT2D eigenvalue weighted by Gasteiger charge is 2.36. The lowest BCUT2D eigenvalue weighted by atomic mass is 9.86. The van der Waals surface area contributed by atoms with E-state index >= 15 is 0 Å². The van der Waals surface area contributed by atoms with E-state index in [1.165, 1.54) is 16.4 Å². The Morgan fingerprint density at radius 1 is 1.06 bits per heavy atom. The average molecular weight is 460 g/mol. The monoisotopic (exact) mass is 459 g/mol. The molecular formula is C26H25N3O3S. The Hall–Kier alpha value is -3.63. The average Bonchev–Trinajstić information content (AvgIpc) is 3.16. The van der Waals surface area contributed by atoms with Crippen LogP contribution in [0.1, 0.15) is 42.3 Å². The number of hydrogen-bond acceptors (Lipinski definition) is 4. The number of amides is 1. The molecule has 1 N–H and O–H groups in total. The summed E-state index contributed by atoms with van der Waals surface area (Å²) in [6, 6.07) is 22.7. The molecule has 4 rings (SSSR count). The molecule has 0 bridgehead atoms. The lowest BCUT2D eigenvalue weighted by molar-refractivity contribution is 0.102. The first-order valence-electron chi connectivity index (χ1n) is 10.7. The summed E-state index contributed by atoms with van der Waals surface area (Å²) in [7, 11) is -3.83. The van der Waals surface area contributed by atoms with Gasteiger partial charge >= 0.3 is 0 Å². The van der Waals surface area contributed by atoms with Gasteiger partial charge in [-0.1, -0.05) is 36.4 Å². The maximum absolute atomic E-state index is 13.5. The molecule has 1 amide bonds. The molecule has 0 radical (unpaired) electrons. The number of nitrogens with one attached hydrogen (secondary N) is 1. The van der Waals surface area contributed by atoms with Gasteiger partial charge in [0.05, 0.1) is 22.1 Å². The third kappa shape index (κ3) is 4.22. The van der Waals surface area contributed by atoms with Crippen LogP contribution in [0, 0.1) is 11.3 Å². The number of carbonyl (C=O) groups excluding carboxylic acids is 1. The van der Waals surface area contributed by atoms with Crippen LogP contribution in [0.4, 0.5) is 11.4 Å². The van der Waals surface area contributed by atoms with Gasteiger partial charge in [0.2, 0.25) is 0 Å². The van der Waals surface area contributed by atoms with Crippen LogP contribution in [0.5, 0.6) is 0 Å². The van der Waals surface area contributed by atoms with Crippen molar-refractivity contribution in [2.75, 3.05) is 9.62 Å². The molecule has 1 atom stereocenters. The minimum atomic E-state index is -3.83. The largest absolute Gasteiger partial charge is 0.322 e. The lowest BCUT2D eigenvalue weighted by Crippen LogP contribution is -2.35. The maximum Gasteiger partial charge on any atom is 0.264 e. The second-order valence-corrected chi connectivity index (χ2v) is 10.6. The van der Waals surface area contributed by atoms with E-state index in [2.05, 4.69) is 11.4 Å². The van der Waals surface area contributed by atoms with Gasteiger partial charge in [0.1, 0.15) is 0 Å². The number of nitrogens with zero attached hydrogens (tertiary/aromatic N) is 2. The molecule has 0 saturated carbocycles. The van der Waals surface area contributed by atoms with Crippen LogP contribution < -0.4 is 9.62 Å². The van der Waals surface area contributed by atoms with E-state index in [1.807, 2.05) is 45.0 Å².